The number of aliphatic carboxylic acids is 1. The normalized spacial score (nSPS) is 23.7. The molecule has 15 heavy (non-hydrogen) atoms. The number of likely N-dealkylation sites (N-methyl/N-ethyl adjacent to an activating group) is 2. The minimum atomic E-state index is -1.16. The molecule has 0 aromatic rings. The van der Waals surface area contributed by atoms with Crippen LogP contribution < -0.4 is 10.6 Å². The van der Waals surface area contributed by atoms with Crippen molar-refractivity contribution in [1.82, 2.24) is 15.5 Å². The third-order valence-corrected chi connectivity index (χ3v) is 2.54. The van der Waals surface area contributed by atoms with Gasteiger partial charge in [0.2, 0.25) is 5.91 Å². The lowest BCUT2D eigenvalue weighted by molar-refractivity contribution is -0.144. The van der Waals surface area contributed by atoms with E-state index in [4.69, 9.17) is 5.11 Å². The summed E-state index contributed by atoms with van der Waals surface area (Å²) >= 11 is 0. The predicted molar refractivity (Wildman–Crippen MR) is 54.5 cm³/mol. The molecule has 6 nitrogen and oxygen atoms in total. The summed E-state index contributed by atoms with van der Waals surface area (Å²) in [5.74, 6) is -1.62. The van der Waals surface area contributed by atoms with E-state index < -0.39 is 17.9 Å². The first-order valence-electron chi connectivity index (χ1n) is 4.93. The van der Waals surface area contributed by atoms with Gasteiger partial charge < -0.3 is 15.3 Å². The molecule has 1 amide bonds. The molecule has 0 radical (unpaired) electrons. The van der Waals surface area contributed by atoms with Crippen LogP contribution in [-0.2, 0) is 9.59 Å². The van der Waals surface area contributed by atoms with Gasteiger partial charge in [-0.2, -0.15) is 0 Å². The highest BCUT2D eigenvalue weighted by Crippen LogP contribution is 2.06. The van der Waals surface area contributed by atoms with Crippen LogP contribution >= 0.6 is 0 Å². The van der Waals surface area contributed by atoms with E-state index in [1.54, 1.807) is 0 Å². The minimum absolute atomic E-state index is 0.0673. The number of amides is 1. The Labute approximate surface area is 88.6 Å². The van der Waals surface area contributed by atoms with Crippen molar-refractivity contribution in [3.63, 3.8) is 0 Å². The van der Waals surface area contributed by atoms with Crippen molar-refractivity contribution in [1.29, 1.82) is 0 Å². The second kappa shape index (κ2) is 5.09. The zero-order valence-electron chi connectivity index (χ0n) is 8.99. The van der Waals surface area contributed by atoms with Crippen LogP contribution in [0.15, 0.2) is 0 Å². The molecule has 0 aromatic carbocycles. The Morgan fingerprint density at radius 2 is 2.20 bits per heavy atom. The molecular weight excluding hydrogens is 198 g/mol. The number of rotatable bonds is 4. The third kappa shape index (κ3) is 3.17. The Hall–Kier alpha value is -1.14. The molecular formula is C9H17N3O3. The maximum atomic E-state index is 11.5. The molecule has 86 valence electrons. The van der Waals surface area contributed by atoms with Gasteiger partial charge >= 0.3 is 5.97 Å². The van der Waals surface area contributed by atoms with E-state index in [-0.39, 0.29) is 6.04 Å². The van der Waals surface area contributed by atoms with E-state index in [1.165, 1.54) is 7.05 Å². The van der Waals surface area contributed by atoms with Crippen LogP contribution in [0.1, 0.15) is 6.42 Å². The van der Waals surface area contributed by atoms with Crippen LogP contribution in [-0.4, -0.2) is 61.2 Å². The SMILES string of the molecule is CNC(C(=O)O)C(=O)NC1CCN(C)C1. The van der Waals surface area contributed by atoms with E-state index in [2.05, 4.69) is 15.5 Å². The summed E-state index contributed by atoms with van der Waals surface area (Å²) in [6.45, 7) is 1.71. The van der Waals surface area contributed by atoms with Crippen LogP contribution in [0, 0.1) is 0 Å². The molecule has 0 bridgehead atoms. The smallest absolute Gasteiger partial charge is 0.330 e. The van der Waals surface area contributed by atoms with Crippen LogP contribution in [0.25, 0.3) is 0 Å². The molecule has 3 N–H and O–H groups in total. The van der Waals surface area contributed by atoms with Crippen molar-refractivity contribution in [2.75, 3.05) is 27.2 Å². The molecule has 1 fully saturated rings. The van der Waals surface area contributed by atoms with Gasteiger partial charge in [0.25, 0.3) is 0 Å². The highest BCUT2D eigenvalue weighted by molar-refractivity contribution is 6.01. The first-order chi connectivity index (χ1) is 7.04. The Morgan fingerprint density at radius 1 is 1.53 bits per heavy atom. The van der Waals surface area contributed by atoms with E-state index in [1.807, 2.05) is 7.05 Å². The number of likely N-dealkylation sites (tertiary alicyclic amines) is 1. The molecule has 0 aromatic heterocycles. The first-order valence-corrected chi connectivity index (χ1v) is 4.93. The summed E-state index contributed by atoms with van der Waals surface area (Å²) in [5.41, 5.74) is 0. The molecule has 1 heterocycles. The summed E-state index contributed by atoms with van der Waals surface area (Å²) in [7, 11) is 3.43. The molecule has 0 spiro atoms. The van der Waals surface area contributed by atoms with Gasteiger partial charge in [0.05, 0.1) is 0 Å². The zero-order valence-corrected chi connectivity index (χ0v) is 8.99. The maximum absolute atomic E-state index is 11.5. The van der Waals surface area contributed by atoms with E-state index in [9.17, 15) is 9.59 Å². The van der Waals surface area contributed by atoms with Crippen LogP contribution in [0.4, 0.5) is 0 Å². The number of carboxylic acids is 1. The van der Waals surface area contributed by atoms with Gasteiger partial charge in [0, 0.05) is 12.6 Å². The summed E-state index contributed by atoms with van der Waals surface area (Å²) in [4.78, 5) is 24.3. The standard InChI is InChI=1S/C9H17N3O3/c1-10-7(9(14)15)8(13)11-6-3-4-12(2)5-6/h6-7,10H,3-5H2,1-2H3,(H,11,13)(H,14,15). The van der Waals surface area contributed by atoms with Crippen LogP contribution in [0.5, 0.6) is 0 Å². The van der Waals surface area contributed by atoms with Gasteiger partial charge in [-0.15, -0.1) is 0 Å². The van der Waals surface area contributed by atoms with Crippen molar-refractivity contribution in [2.45, 2.75) is 18.5 Å². The lowest BCUT2D eigenvalue weighted by atomic mass is 10.2. The quantitative estimate of drug-likeness (QED) is 0.496. The van der Waals surface area contributed by atoms with Crippen molar-refractivity contribution in [3.8, 4) is 0 Å². The fraction of sp³-hybridized carbons (Fsp3) is 0.778. The van der Waals surface area contributed by atoms with Gasteiger partial charge in [0.15, 0.2) is 6.04 Å². The topological polar surface area (TPSA) is 81.7 Å². The number of nitrogens with zero attached hydrogens (tertiary/aromatic N) is 1. The lowest BCUT2D eigenvalue weighted by Gasteiger charge is -2.16. The molecule has 6 heteroatoms. The summed E-state index contributed by atoms with van der Waals surface area (Å²) in [5, 5.41) is 13.9. The van der Waals surface area contributed by atoms with Crippen molar-refractivity contribution in [3.05, 3.63) is 0 Å². The van der Waals surface area contributed by atoms with Crippen molar-refractivity contribution < 1.29 is 14.7 Å². The molecule has 1 rings (SSSR count). The maximum Gasteiger partial charge on any atom is 0.330 e. The number of hydrogen-bond donors (Lipinski definition) is 3. The average Bonchev–Trinajstić information content (AvgIpc) is 2.51. The second-order valence-corrected chi connectivity index (χ2v) is 3.82. The number of carbonyl (C=O) groups excluding carboxylic acids is 1. The zero-order chi connectivity index (χ0) is 11.4. The summed E-state index contributed by atoms with van der Waals surface area (Å²) < 4.78 is 0. The van der Waals surface area contributed by atoms with E-state index in [0.29, 0.717) is 0 Å². The molecule has 2 unspecified atom stereocenters. The van der Waals surface area contributed by atoms with Gasteiger partial charge in [0.1, 0.15) is 0 Å². The number of hydrogen-bond acceptors (Lipinski definition) is 4. The minimum Gasteiger partial charge on any atom is -0.480 e. The van der Waals surface area contributed by atoms with Gasteiger partial charge in [-0.25, -0.2) is 4.79 Å². The molecule has 0 saturated carbocycles. The fourth-order valence-corrected chi connectivity index (χ4v) is 1.70. The van der Waals surface area contributed by atoms with Crippen molar-refractivity contribution >= 4 is 11.9 Å². The number of nitrogens with one attached hydrogen (secondary N) is 2. The monoisotopic (exact) mass is 215 g/mol. The third-order valence-electron chi connectivity index (χ3n) is 2.54. The Balaban J connectivity index is 2.43. The Bertz CT molecular complexity index is 257. The summed E-state index contributed by atoms with van der Waals surface area (Å²) in [6, 6.07) is -1.09. The first kappa shape index (κ1) is 11.9. The lowest BCUT2D eigenvalue weighted by Crippen LogP contribution is -2.51. The van der Waals surface area contributed by atoms with Crippen molar-refractivity contribution in [2.24, 2.45) is 0 Å². The Morgan fingerprint density at radius 3 is 2.60 bits per heavy atom. The second-order valence-electron chi connectivity index (χ2n) is 3.82. The highest BCUT2D eigenvalue weighted by Gasteiger charge is 2.28. The van der Waals surface area contributed by atoms with Gasteiger partial charge in [-0.1, -0.05) is 0 Å². The molecule has 1 aliphatic rings. The van der Waals surface area contributed by atoms with Gasteiger partial charge in [-0.3, -0.25) is 10.1 Å². The van der Waals surface area contributed by atoms with E-state index >= 15 is 0 Å². The van der Waals surface area contributed by atoms with Gasteiger partial charge in [-0.05, 0) is 27.1 Å². The van der Waals surface area contributed by atoms with Crippen LogP contribution in [0.3, 0.4) is 0 Å². The van der Waals surface area contributed by atoms with E-state index in [0.717, 1.165) is 19.5 Å². The molecule has 1 saturated heterocycles. The molecule has 2 atom stereocenters. The average molecular weight is 215 g/mol. The number of carboxylic acid groups (broad SMARTS) is 1. The Kier molecular flexibility index (Phi) is 4.05. The number of carbonyl (C=O) groups is 2. The largest absolute Gasteiger partial charge is 0.480 e. The molecule has 0 aliphatic carbocycles. The highest BCUT2D eigenvalue weighted by atomic mass is 16.4. The predicted octanol–water partition coefficient (Wildman–Crippen LogP) is -1.52. The fourth-order valence-electron chi connectivity index (χ4n) is 1.70. The summed E-state index contributed by atoms with van der Waals surface area (Å²) in [6.07, 6.45) is 0.873. The molecule has 1 aliphatic heterocycles. The van der Waals surface area contributed by atoms with Crippen LogP contribution in [0.2, 0.25) is 0 Å².